The molecule has 1 atom stereocenters. The first-order valence-corrected chi connectivity index (χ1v) is 10.6. The molecule has 0 aliphatic carbocycles. The molecule has 4 heteroatoms. The molecule has 0 aliphatic heterocycles. The molecule has 0 amide bonds. The van der Waals surface area contributed by atoms with E-state index in [-0.39, 0.29) is 5.75 Å². The van der Waals surface area contributed by atoms with Crippen LogP contribution >= 0.6 is 0 Å². The number of hydrogen-bond acceptors (Lipinski definition) is 3. The van der Waals surface area contributed by atoms with Crippen molar-refractivity contribution < 1.29 is 13.2 Å². The van der Waals surface area contributed by atoms with Crippen LogP contribution in [0.1, 0.15) is 37.8 Å². The van der Waals surface area contributed by atoms with Gasteiger partial charge < -0.3 is 4.79 Å². The van der Waals surface area contributed by atoms with Gasteiger partial charge in [-0.2, -0.15) is 0 Å². The zero-order valence-electron chi connectivity index (χ0n) is 15.4. The Morgan fingerprint density at radius 2 is 1.62 bits per heavy atom. The number of hydrogen-bond donors (Lipinski definition) is 0. The fraction of sp³-hybridized carbons (Fsp3) is 0.318. The van der Waals surface area contributed by atoms with Crippen LogP contribution in [0.2, 0.25) is 0 Å². The lowest BCUT2D eigenvalue weighted by atomic mass is 9.88. The molecule has 0 saturated carbocycles. The van der Waals surface area contributed by atoms with Gasteiger partial charge in [-0.15, -0.1) is 0 Å². The van der Waals surface area contributed by atoms with E-state index in [1.54, 1.807) is 18.2 Å². The van der Waals surface area contributed by atoms with Crippen LogP contribution in [0, 0.1) is 5.41 Å². The topological polar surface area (TPSA) is 51.2 Å². The van der Waals surface area contributed by atoms with E-state index in [9.17, 15) is 13.2 Å². The lowest BCUT2D eigenvalue weighted by molar-refractivity contribution is -0.113. The SMILES string of the molecule is CCC=CC(C=O)(CC)CS(=O)(=O)c1ccccc1Cc1ccccc1. The van der Waals surface area contributed by atoms with Gasteiger partial charge in [0.2, 0.25) is 0 Å². The van der Waals surface area contributed by atoms with E-state index in [0.717, 1.165) is 23.8 Å². The summed E-state index contributed by atoms with van der Waals surface area (Å²) in [4.78, 5) is 12.0. The molecule has 0 radical (unpaired) electrons. The van der Waals surface area contributed by atoms with Crippen molar-refractivity contribution in [2.45, 2.75) is 38.0 Å². The fourth-order valence-electron chi connectivity index (χ4n) is 2.98. The van der Waals surface area contributed by atoms with Crippen molar-refractivity contribution in [3.05, 3.63) is 77.9 Å². The summed E-state index contributed by atoms with van der Waals surface area (Å²) in [5.74, 6) is -0.206. The van der Waals surface area contributed by atoms with Crippen molar-refractivity contribution in [1.29, 1.82) is 0 Å². The van der Waals surface area contributed by atoms with Crippen molar-refractivity contribution in [3.63, 3.8) is 0 Å². The van der Waals surface area contributed by atoms with Crippen molar-refractivity contribution >= 4 is 16.1 Å². The molecule has 0 aromatic heterocycles. The maximum atomic E-state index is 13.1. The minimum absolute atomic E-state index is 0.206. The number of carbonyl (C=O) groups excluding carboxylic acids is 1. The van der Waals surface area contributed by atoms with Gasteiger partial charge in [0.05, 0.1) is 16.1 Å². The summed E-state index contributed by atoms with van der Waals surface area (Å²) < 4.78 is 26.3. The zero-order chi connectivity index (χ0) is 19.0. The molecule has 138 valence electrons. The summed E-state index contributed by atoms with van der Waals surface area (Å²) in [6.07, 6.45) is 6.14. The van der Waals surface area contributed by atoms with Gasteiger partial charge in [-0.25, -0.2) is 8.42 Å². The van der Waals surface area contributed by atoms with Crippen molar-refractivity contribution in [2.75, 3.05) is 5.75 Å². The smallest absolute Gasteiger partial charge is 0.179 e. The van der Waals surface area contributed by atoms with Crippen LogP contribution in [0.25, 0.3) is 0 Å². The Morgan fingerprint density at radius 1 is 0.962 bits per heavy atom. The van der Waals surface area contributed by atoms with Crippen molar-refractivity contribution in [3.8, 4) is 0 Å². The minimum atomic E-state index is -3.61. The molecule has 2 aromatic rings. The number of benzene rings is 2. The Labute approximate surface area is 156 Å². The van der Waals surface area contributed by atoms with Crippen LogP contribution in [0.15, 0.2) is 71.6 Å². The second-order valence-corrected chi connectivity index (χ2v) is 8.50. The average molecular weight is 371 g/mol. The molecule has 2 aromatic carbocycles. The number of sulfone groups is 1. The molecule has 0 N–H and O–H groups in total. The molecule has 26 heavy (non-hydrogen) atoms. The Kier molecular flexibility index (Phi) is 6.92. The van der Waals surface area contributed by atoms with Crippen LogP contribution in [-0.4, -0.2) is 20.5 Å². The van der Waals surface area contributed by atoms with Crippen LogP contribution in [-0.2, 0) is 21.1 Å². The molecule has 0 heterocycles. The monoisotopic (exact) mass is 370 g/mol. The third kappa shape index (κ3) is 4.92. The summed E-state index contributed by atoms with van der Waals surface area (Å²) >= 11 is 0. The van der Waals surface area contributed by atoms with Crippen molar-refractivity contribution in [1.82, 2.24) is 0 Å². The van der Waals surface area contributed by atoms with Gasteiger partial charge in [0.1, 0.15) is 6.29 Å². The van der Waals surface area contributed by atoms with E-state index < -0.39 is 15.3 Å². The highest BCUT2D eigenvalue weighted by Crippen LogP contribution is 2.29. The van der Waals surface area contributed by atoms with E-state index in [1.165, 1.54) is 0 Å². The maximum absolute atomic E-state index is 13.1. The molecule has 2 rings (SSSR count). The average Bonchev–Trinajstić information content (AvgIpc) is 2.66. The van der Waals surface area contributed by atoms with Gasteiger partial charge >= 0.3 is 0 Å². The Balaban J connectivity index is 2.40. The minimum Gasteiger partial charge on any atom is -0.302 e. The first-order valence-electron chi connectivity index (χ1n) is 8.95. The predicted octanol–water partition coefficient (Wildman–Crippen LogP) is 4.61. The van der Waals surface area contributed by atoms with E-state index >= 15 is 0 Å². The second kappa shape index (κ2) is 8.95. The molecular formula is C22H26O3S. The summed E-state index contributed by atoms with van der Waals surface area (Å²) in [7, 11) is -3.61. The molecule has 3 nitrogen and oxygen atoms in total. The van der Waals surface area contributed by atoms with Crippen LogP contribution in [0.4, 0.5) is 0 Å². The first-order chi connectivity index (χ1) is 12.5. The third-order valence-electron chi connectivity index (χ3n) is 4.58. The lowest BCUT2D eigenvalue weighted by Crippen LogP contribution is -2.30. The Hall–Kier alpha value is -2.20. The first kappa shape index (κ1) is 20.1. The van der Waals surface area contributed by atoms with E-state index in [2.05, 4.69) is 0 Å². The summed E-state index contributed by atoms with van der Waals surface area (Å²) in [5, 5.41) is 0. The summed E-state index contributed by atoms with van der Waals surface area (Å²) in [5.41, 5.74) is 0.835. The zero-order valence-corrected chi connectivity index (χ0v) is 16.2. The summed E-state index contributed by atoms with van der Waals surface area (Å²) in [6, 6.07) is 16.8. The van der Waals surface area contributed by atoms with E-state index in [1.807, 2.05) is 62.4 Å². The van der Waals surface area contributed by atoms with Gasteiger partial charge in [-0.1, -0.05) is 74.5 Å². The highest BCUT2D eigenvalue weighted by molar-refractivity contribution is 7.91. The standard InChI is InChI=1S/C22H26O3S/c1-3-5-15-22(4-2,17-23)18-26(24,25)21-14-10-9-13-20(21)16-19-11-7-6-8-12-19/h5-15,17H,3-4,16,18H2,1-2H3. The van der Waals surface area contributed by atoms with E-state index in [0.29, 0.717) is 17.7 Å². The molecule has 0 bridgehead atoms. The molecule has 0 saturated heterocycles. The number of carbonyl (C=O) groups is 1. The second-order valence-electron chi connectivity index (χ2n) is 6.54. The third-order valence-corrected chi connectivity index (χ3v) is 6.57. The molecule has 0 spiro atoms. The number of rotatable bonds is 9. The molecular weight excluding hydrogens is 344 g/mol. The van der Waals surface area contributed by atoms with Gasteiger partial charge in [-0.3, -0.25) is 0 Å². The predicted molar refractivity (Wildman–Crippen MR) is 106 cm³/mol. The van der Waals surface area contributed by atoms with Crippen LogP contribution < -0.4 is 0 Å². The van der Waals surface area contributed by atoms with Gasteiger partial charge in [0.15, 0.2) is 9.84 Å². The Morgan fingerprint density at radius 3 is 2.23 bits per heavy atom. The summed E-state index contributed by atoms with van der Waals surface area (Å²) in [6.45, 7) is 3.81. The highest BCUT2D eigenvalue weighted by Gasteiger charge is 2.33. The van der Waals surface area contributed by atoms with E-state index in [4.69, 9.17) is 0 Å². The van der Waals surface area contributed by atoms with Gasteiger partial charge in [0, 0.05) is 0 Å². The van der Waals surface area contributed by atoms with Crippen molar-refractivity contribution in [2.24, 2.45) is 5.41 Å². The van der Waals surface area contributed by atoms with Crippen LogP contribution in [0.5, 0.6) is 0 Å². The quantitative estimate of drug-likeness (QED) is 0.478. The molecule has 0 fully saturated rings. The lowest BCUT2D eigenvalue weighted by Gasteiger charge is -2.23. The van der Waals surface area contributed by atoms with Gasteiger partial charge in [-0.05, 0) is 36.5 Å². The maximum Gasteiger partial charge on any atom is 0.179 e. The largest absolute Gasteiger partial charge is 0.302 e. The molecule has 0 aliphatic rings. The Bertz CT molecular complexity index is 854. The van der Waals surface area contributed by atoms with Crippen LogP contribution in [0.3, 0.4) is 0 Å². The molecule has 1 unspecified atom stereocenters. The normalized spacial score (nSPS) is 14.2. The fourth-order valence-corrected chi connectivity index (χ4v) is 5.03. The number of allylic oxidation sites excluding steroid dienone is 2. The van der Waals surface area contributed by atoms with Gasteiger partial charge in [0.25, 0.3) is 0 Å². The highest BCUT2D eigenvalue weighted by atomic mass is 32.2. The number of aldehydes is 1.